The van der Waals surface area contributed by atoms with E-state index in [0.29, 0.717) is 5.75 Å². The van der Waals surface area contributed by atoms with Crippen molar-refractivity contribution in [3.05, 3.63) is 48.0 Å². The van der Waals surface area contributed by atoms with Crippen LogP contribution in [0.1, 0.15) is 17.3 Å². The third-order valence-corrected chi connectivity index (χ3v) is 5.86. The Balaban J connectivity index is 2.58. The highest BCUT2D eigenvalue weighted by Crippen LogP contribution is 2.32. The predicted molar refractivity (Wildman–Crippen MR) is 108 cm³/mol. The molecule has 0 aliphatic heterocycles. The molecule has 10 heteroatoms. The molecule has 9 nitrogen and oxygen atoms in total. The minimum atomic E-state index is -4.23. The molecule has 2 aromatic rings. The lowest BCUT2D eigenvalue weighted by molar-refractivity contribution is -0.138. The number of anilines is 1. The van der Waals surface area contributed by atoms with Crippen molar-refractivity contribution < 1.29 is 37.0 Å². The van der Waals surface area contributed by atoms with Crippen molar-refractivity contribution in [3.63, 3.8) is 0 Å². The number of carbonyl (C=O) groups is 2. The van der Waals surface area contributed by atoms with E-state index in [1.807, 2.05) is 0 Å². The van der Waals surface area contributed by atoms with Crippen LogP contribution < -0.4 is 13.8 Å². The molecule has 0 radical (unpaired) electrons. The van der Waals surface area contributed by atoms with Gasteiger partial charge in [0.1, 0.15) is 6.54 Å². The first kappa shape index (κ1) is 23.0. The molecular formula is C20H23NO8S. The zero-order valence-electron chi connectivity index (χ0n) is 17.1. The van der Waals surface area contributed by atoms with Gasteiger partial charge < -0.3 is 18.9 Å². The molecule has 30 heavy (non-hydrogen) atoms. The maximum Gasteiger partial charge on any atom is 0.338 e. The van der Waals surface area contributed by atoms with Crippen molar-refractivity contribution in [1.82, 2.24) is 0 Å². The van der Waals surface area contributed by atoms with Crippen LogP contribution >= 0.6 is 0 Å². The normalized spacial score (nSPS) is 10.8. The Labute approximate surface area is 175 Å². The van der Waals surface area contributed by atoms with Crippen molar-refractivity contribution in [2.24, 2.45) is 0 Å². The van der Waals surface area contributed by atoms with Gasteiger partial charge in [0.2, 0.25) is 0 Å². The monoisotopic (exact) mass is 437 g/mol. The number of rotatable bonds is 9. The Morgan fingerprint density at radius 1 is 0.967 bits per heavy atom. The molecule has 2 aromatic carbocycles. The molecule has 0 saturated carbocycles. The Bertz CT molecular complexity index is 1020. The molecule has 0 amide bonds. The number of hydrogen-bond acceptors (Lipinski definition) is 8. The first-order valence-corrected chi connectivity index (χ1v) is 10.3. The average molecular weight is 437 g/mol. The maximum atomic E-state index is 13.4. The van der Waals surface area contributed by atoms with Crippen molar-refractivity contribution in [1.29, 1.82) is 0 Å². The van der Waals surface area contributed by atoms with Gasteiger partial charge in [-0.1, -0.05) is 6.07 Å². The lowest BCUT2D eigenvalue weighted by Crippen LogP contribution is -2.36. The fraction of sp³-hybridized carbons (Fsp3) is 0.300. The van der Waals surface area contributed by atoms with E-state index in [1.54, 1.807) is 6.92 Å². The summed E-state index contributed by atoms with van der Waals surface area (Å²) in [6.45, 7) is 1.23. The van der Waals surface area contributed by atoms with E-state index in [-0.39, 0.29) is 28.5 Å². The van der Waals surface area contributed by atoms with Crippen LogP contribution in [0.5, 0.6) is 11.5 Å². The fourth-order valence-electron chi connectivity index (χ4n) is 2.60. The smallest absolute Gasteiger partial charge is 0.338 e. The Hall–Kier alpha value is -3.27. The molecule has 0 aromatic heterocycles. The predicted octanol–water partition coefficient (Wildman–Crippen LogP) is 2.25. The second-order valence-electron chi connectivity index (χ2n) is 5.88. The van der Waals surface area contributed by atoms with E-state index in [2.05, 4.69) is 4.74 Å². The van der Waals surface area contributed by atoms with Crippen molar-refractivity contribution >= 4 is 27.6 Å². The number of carbonyl (C=O) groups excluding carboxylic acids is 2. The van der Waals surface area contributed by atoms with Gasteiger partial charge in [-0.3, -0.25) is 9.10 Å². The standard InChI is InChI=1S/C20H23NO8S/c1-5-29-20(23)14-7-6-8-15(11-14)21(13-19(22)28-4)30(24,25)16-9-10-17(26-2)18(12-16)27-3/h6-12H,5,13H2,1-4H3. The van der Waals surface area contributed by atoms with Crippen LogP contribution in [0.15, 0.2) is 47.4 Å². The molecule has 0 N–H and O–H groups in total. The van der Waals surface area contributed by atoms with E-state index < -0.39 is 28.5 Å². The summed E-state index contributed by atoms with van der Waals surface area (Å²) in [5.41, 5.74) is 0.243. The molecule has 0 bridgehead atoms. The van der Waals surface area contributed by atoms with Crippen molar-refractivity contribution in [2.75, 3.05) is 38.8 Å². The van der Waals surface area contributed by atoms with Crippen LogP contribution in [0.2, 0.25) is 0 Å². The summed E-state index contributed by atoms with van der Waals surface area (Å²) >= 11 is 0. The molecule has 2 rings (SSSR count). The van der Waals surface area contributed by atoms with Crippen LogP contribution in [0.4, 0.5) is 5.69 Å². The lowest BCUT2D eigenvalue weighted by atomic mass is 10.2. The van der Waals surface area contributed by atoms with Crippen LogP contribution in [-0.4, -0.2) is 54.8 Å². The topological polar surface area (TPSA) is 108 Å². The van der Waals surface area contributed by atoms with Crippen LogP contribution in [0, 0.1) is 0 Å². The Kier molecular flexibility index (Phi) is 7.65. The van der Waals surface area contributed by atoms with Crippen LogP contribution in [0.25, 0.3) is 0 Å². The number of methoxy groups -OCH3 is 3. The van der Waals surface area contributed by atoms with Crippen molar-refractivity contribution in [2.45, 2.75) is 11.8 Å². The minimum Gasteiger partial charge on any atom is -0.493 e. The molecular weight excluding hydrogens is 414 g/mol. The van der Waals surface area contributed by atoms with E-state index in [0.717, 1.165) is 11.4 Å². The highest BCUT2D eigenvalue weighted by molar-refractivity contribution is 7.92. The molecule has 0 saturated heterocycles. The summed E-state index contributed by atoms with van der Waals surface area (Å²) in [5, 5.41) is 0. The largest absolute Gasteiger partial charge is 0.493 e. The Morgan fingerprint density at radius 2 is 1.67 bits per heavy atom. The molecule has 0 unspecified atom stereocenters. The van der Waals surface area contributed by atoms with E-state index >= 15 is 0 Å². The summed E-state index contributed by atoms with van der Waals surface area (Å²) in [6, 6.07) is 9.83. The first-order valence-electron chi connectivity index (χ1n) is 8.87. The second kappa shape index (κ2) is 9.97. The van der Waals surface area contributed by atoms with Gasteiger partial charge in [0.25, 0.3) is 10.0 Å². The molecule has 0 aliphatic carbocycles. The van der Waals surface area contributed by atoms with Gasteiger partial charge in [-0.2, -0.15) is 0 Å². The van der Waals surface area contributed by atoms with Gasteiger partial charge in [0, 0.05) is 6.07 Å². The average Bonchev–Trinajstić information content (AvgIpc) is 2.76. The summed E-state index contributed by atoms with van der Waals surface area (Å²) in [5.74, 6) is -0.835. The lowest BCUT2D eigenvalue weighted by Gasteiger charge is -2.24. The van der Waals surface area contributed by atoms with Gasteiger partial charge >= 0.3 is 11.9 Å². The highest BCUT2D eigenvalue weighted by atomic mass is 32.2. The van der Waals surface area contributed by atoms with Crippen LogP contribution in [0.3, 0.4) is 0 Å². The fourth-order valence-corrected chi connectivity index (χ4v) is 4.02. The molecule has 0 spiro atoms. The number of esters is 2. The van der Waals surface area contributed by atoms with Crippen molar-refractivity contribution in [3.8, 4) is 11.5 Å². The molecule has 0 aliphatic rings. The molecule has 0 atom stereocenters. The summed E-state index contributed by atoms with van der Waals surface area (Å²) in [6.07, 6.45) is 0. The van der Waals surface area contributed by atoms with E-state index in [4.69, 9.17) is 14.2 Å². The zero-order chi connectivity index (χ0) is 22.3. The first-order chi connectivity index (χ1) is 14.3. The molecule has 0 heterocycles. The van der Waals surface area contributed by atoms with Gasteiger partial charge in [-0.05, 0) is 37.3 Å². The Morgan fingerprint density at radius 3 is 2.27 bits per heavy atom. The second-order valence-corrected chi connectivity index (χ2v) is 7.74. The van der Waals surface area contributed by atoms with Gasteiger partial charge in [0.05, 0.1) is 44.1 Å². The third-order valence-electron chi connectivity index (χ3n) is 4.09. The van der Waals surface area contributed by atoms with E-state index in [9.17, 15) is 18.0 Å². The quantitative estimate of drug-likeness (QED) is 0.550. The third kappa shape index (κ3) is 5.01. The van der Waals surface area contributed by atoms with E-state index in [1.165, 1.54) is 56.7 Å². The molecule has 0 fully saturated rings. The number of hydrogen-bond donors (Lipinski definition) is 0. The minimum absolute atomic E-state index is 0.0979. The number of sulfonamides is 1. The summed E-state index contributed by atoms with van der Waals surface area (Å²) in [7, 11) is -0.270. The maximum absolute atomic E-state index is 13.4. The number of nitrogens with zero attached hydrogens (tertiary/aromatic N) is 1. The summed E-state index contributed by atoms with van der Waals surface area (Å²) in [4.78, 5) is 23.9. The van der Waals surface area contributed by atoms with Crippen LogP contribution in [-0.2, 0) is 24.3 Å². The molecule has 162 valence electrons. The SMILES string of the molecule is CCOC(=O)c1cccc(N(CC(=O)OC)S(=O)(=O)c2ccc(OC)c(OC)c2)c1. The van der Waals surface area contributed by atoms with Gasteiger partial charge in [-0.25, -0.2) is 13.2 Å². The summed E-state index contributed by atoms with van der Waals surface area (Å²) < 4.78 is 47.5. The zero-order valence-corrected chi connectivity index (χ0v) is 17.9. The number of benzene rings is 2. The van der Waals surface area contributed by atoms with Gasteiger partial charge in [-0.15, -0.1) is 0 Å². The number of ether oxygens (including phenoxy) is 4. The van der Waals surface area contributed by atoms with Gasteiger partial charge in [0.15, 0.2) is 11.5 Å². The highest BCUT2D eigenvalue weighted by Gasteiger charge is 2.29.